The van der Waals surface area contributed by atoms with Crippen molar-refractivity contribution in [1.82, 2.24) is 20.3 Å². The van der Waals surface area contributed by atoms with Gasteiger partial charge in [0.15, 0.2) is 0 Å². The van der Waals surface area contributed by atoms with Crippen LogP contribution in [-0.4, -0.2) is 40.2 Å². The summed E-state index contributed by atoms with van der Waals surface area (Å²) in [5.41, 5.74) is 2.16. The van der Waals surface area contributed by atoms with Crippen LogP contribution in [0.25, 0.3) is 11.0 Å². The predicted octanol–water partition coefficient (Wildman–Crippen LogP) is 3.10. The van der Waals surface area contributed by atoms with Crippen LogP contribution in [0.2, 0.25) is 5.02 Å². The monoisotopic (exact) mass is 386 g/mol. The van der Waals surface area contributed by atoms with Crippen molar-refractivity contribution in [2.24, 2.45) is 0 Å². The van der Waals surface area contributed by atoms with Gasteiger partial charge in [0.1, 0.15) is 17.0 Å². The fourth-order valence-corrected chi connectivity index (χ4v) is 3.15. The Labute approximate surface area is 161 Å². The molecule has 0 aliphatic carbocycles. The van der Waals surface area contributed by atoms with Gasteiger partial charge in [0.2, 0.25) is 5.88 Å². The molecule has 1 fully saturated rings. The zero-order chi connectivity index (χ0) is 18.6. The fourth-order valence-electron chi connectivity index (χ4n) is 2.94. The van der Waals surface area contributed by atoms with Crippen molar-refractivity contribution in [2.75, 3.05) is 13.2 Å². The number of pyridine rings is 1. The van der Waals surface area contributed by atoms with Crippen LogP contribution < -0.4 is 10.1 Å². The molecule has 1 aromatic carbocycles. The number of rotatable bonds is 5. The van der Waals surface area contributed by atoms with Gasteiger partial charge in [-0.25, -0.2) is 9.97 Å². The normalized spacial score (nSPS) is 15.0. The van der Waals surface area contributed by atoms with Gasteiger partial charge in [0.05, 0.1) is 36.4 Å². The lowest BCUT2D eigenvalue weighted by Gasteiger charge is -2.23. The second kappa shape index (κ2) is 7.94. The quantitative estimate of drug-likeness (QED) is 0.703. The van der Waals surface area contributed by atoms with Crippen molar-refractivity contribution in [2.45, 2.75) is 25.5 Å². The summed E-state index contributed by atoms with van der Waals surface area (Å²) in [6.07, 6.45) is 3.11. The molecule has 0 unspecified atom stereocenters. The highest BCUT2D eigenvalue weighted by atomic mass is 35.5. The highest BCUT2D eigenvalue weighted by Crippen LogP contribution is 2.25. The van der Waals surface area contributed by atoms with E-state index in [-0.39, 0.29) is 18.6 Å². The van der Waals surface area contributed by atoms with E-state index in [4.69, 9.17) is 21.1 Å². The number of halogens is 1. The largest absolute Gasteiger partial charge is 0.473 e. The van der Waals surface area contributed by atoms with Crippen LogP contribution in [0.1, 0.15) is 29.0 Å². The molecule has 7 nitrogen and oxygen atoms in total. The number of para-hydroxylation sites is 2. The van der Waals surface area contributed by atoms with Crippen molar-refractivity contribution >= 4 is 28.5 Å². The lowest BCUT2D eigenvalue weighted by Crippen LogP contribution is -2.26. The van der Waals surface area contributed by atoms with Crippen LogP contribution >= 0.6 is 11.6 Å². The summed E-state index contributed by atoms with van der Waals surface area (Å²) in [4.78, 5) is 24.2. The minimum absolute atomic E-state index is 0.0384. The van der Waals surface area contributed by atoms with Gasteiger partial charge < -0.3 is 19.8 Å². The van der Waals surface area contributed by atoms with E-state index in [1.165, 1.54) is 6.20 Å². The number of imidazole rings is 1. The van der Waals surface area contributed by atoms with Crippen LogP contribution in [0, 0.1) is 0 Å². The van der Waals surface area contributed by atoms with E-state index in [1.54, 1.807) is 6.07 Å². The summed E-state index contributed by atoms with van der Waals surface area (Å²) < 4.78 is 11.1. The maximum atomic E-state index is 12.4. The maximum Gasteiger partial charge on any atom is 0.253 e. The van der Waals surface area contributed by atoms with Gasteiger partial charge in [0.25, 0.3) is 5.91 Å². The summed E-state index contributed by atoms with van der Waals surface area (Å²) in [5, 5.41) is 3.13. The molecule has 27 heavy (non-hydrogen) atoms. The number of aromatic nitrogens is 3. The highest BCUT2D eigenvalue weighted by Gasteiger charge is 2.18. The Hall–Kier alpha value is -2.64. The molecule has 2 aromatic heterocycles. The van der Waals surface area contributed by atoms with Gasteiger partial charge in [-0.1, -0.05) is 23.7 Å². The standard InChI is InChI=1S/C19H19ClN4O3/c20-14-9-12(10-22-19(14)27-13-5-7-26-8-6-13)18(25)21-11-17-23-15-3-1-2-4-16(15)24-17/h1-4,9-10,13H,5-8,11H2,(H,21,25)(H,23,24). The Balaban J connectivity index is 1.38. The summed E-state index contributed by atoms with van der Waals surface area (Å²) in [7, 11) is 0. The Bertz CT molecular complexity index is 920. The van der Waals surface area contributed by atoms with E-state index < -0.39 is 0 Å². The highest BCUT2D eigenvalue weighted by molar-refractivity contribution is 6.32. The number of H-pyrrole nitrogens is 1. The summed E-state index contributed by atoms with van der Waals surface area (Å²) in [6.45, 7) is 1.63. The van der Waals surface area contributed by atoms with Gasteiger partial charge >= 0.3 is 0 Å². The van der Waals surface area contributed by atoms with Crippen LogP contribution in [0.3, 0.4) is 0 Å². The van der Waals surface area contributed by atoms with Gasteiger partial charge in [-0.05, 0) is 18.2 Å². The molecule has 1 aliphatic rings. The first kappa shape index (κ1) is 17.8. The third-order valence-electron chi connectivity index (χ3n) is 4.37. The van der Waals surface area contributed by atoms with Crippen LogP contribution in [0.5, 0.6) is 5.88 Å². The number of aromatic amines is 1. The smallest absolute Gasteiger partial charge is 0.253 e. The number of benzene rings is 1. The summed E-state index contributed by atoms with van der Waals surface area (Å²) in [5.74, 6) is 0.753. The van der Waals surface area contributed by atoms with Crippen molar-refractivity contribution in [3.63, 3.8) is 0 Å². The molecular weight excluding hydrogens is 368 g/mol. The summed E-state index contributed by atoms with van der Waals surface area (Å²) in [6, 6.07) is 9.27. The predicted molar refractivity (Wildman–Crippen MR) is 101 cm³/mol. The Morgan fingerprint density at radius 3 is 2.93 bits per heavy atom. The Morgan fingerprint density at radius 2 is 2.15 bits per heavy atom. The molecule has 0 bridgehead atoms. The molecule has 8 heteroatoms. The molecule has 1 saturated heterocycles. The number of hydrogen-bond acceptors (Lipinski definition) is 5. The Morgan fingerprint density at radius 1 is 1.33 bits per heavy atom. The third-order valence-corrected chi connectivity index (χ3v) is 4.64. The molecule has 0 radical (unpaired) electrons. The molecule has 2 N–H and O–H groups in total. The molecule has 0 atom stereocenters. The lowest BCUT2D eigenvalue weighted by atomic mass is 10.1. The number of fused-ring (bicyclic) bond motifs is 1. The first-order valence-electron chi connectivity index (χ1n) is 8.81. The number of carbonyl (C=O) groups is 1. The molecule has 4 rings (SSSR count). The van der Waals surface area contributed by atoms with Gasteiger partial charge in [-0.15, -0.1) is 0 Å². The zero-order valence-electron chi connectivity index (χ0n) is 14.6. The summed E-state index contributed by atoms with van der Waals surface area (Å²) >= 11 is 6.25. The first-order valence-corrected chi connectivity index (χ1v) is 9.18. The fraction of sp³-hybridized carbons (Fsp3) is 0.316. The third kappa shape index (κ3) is 4.20. The number of nitrogens with one attached hydrogen (secondary N) is 2. The molecule has 1 amide bonds. The number of carbonyl (C=O) groups excluding carboxylic acids is 1. The zero-order valence-corrected chi connectivity index (χ0v) is 15.3. The average Bonchev–Trinajstić information content (AvgIpc) is 3.11. The van der Waals surface area contributed by atoms with Crippen LogP contribution in [0.15, 0.2) is 36.5 Å². The molecular formula is C19H19ClN4O3. The maximum absolute atomic E-state index is 12.4. The average molecular weight is 387 g/mol. The van der Waals surface area contributed by atoms with Crippen molar-refractivity contribution < 1.29 is 14.3 Å². The number of nitrogens with zero attached hydrogens (tertiary/aromatic N) is 2. The molecule has 3 aromatic rings. The van der Waals surface area contributed by atoms with Crippen LogP contribution in [-0.2, 0) is 11.3 Å². The van der Waals surface area contributed by atoms with E-state index >= 15 is 0 Å². The van der Waals surface area contributed by atoms with Crippen molar-refractivity contribution in [3.8, 4) is 5.88 Å². The SMILES string of the molecule is O=C(NCc1nc2ccccc2[nH]1)c1cnc(OC2CCOCC2)c(Cl)c1. The van der Waals surface area contributed by atoms with E-state index in [2.05, 4.69) is 20.3 Å². The number of ether oxygens (including phenoxy) is 2. The first-order chi connectivity index (χ1) is 13.2. The van der Waals surface area contributed by atoms with Crippen molar-refractivity contribution in [1.29, 1.82) is 0 Å². The molecule has 3 heterocycles. The van der Waals surface area contributed by atoms with Crippen LogP contribution in [0.4, 0.5) is 0 Å². The second-order valence-electron chi connectivity index (χ2n) is 6.32. The minimum atomic E-state index is -0.275. The van der Waals surface area contributed by atoms with Gasteiger partial charge in [-0.3, -0.25) is 4.79 Å². The number of amides is 1. The molecule has 140 valence electrons. The van der Waals surface area contributed by atoms with Crippen molar-refractivity contribution in [3.05, 3.63) is 52.9 Å². The minimum Gasteiger partial charge on any atom is -0.473 e. The van der Waals surface area contributed by atoms with E-state index in [0.29, 0.717) is 35.5 Å². The second-order valence-corrected chi connectivity index (χ2v) is 6.73. The Kier molecular flexibility index (Phi) is 5.22. The molecule has 0 saturated carbocycles. The lowest BCUT2D eigenvalue weighted by molar-refractivity contribution is 0.0238. The topological polar surface area (TPSA) is 89.1 Å². The van der Waals surface area contributed by atoms with E-state index in [1.807, 2.05) is 24.3 Å². The van der Waals surface area contributed by atoms with Gasteiger partial charge in [0, 0.05) is 19.0 Å². The molecule has 1 aliphatic heterocycles. The van der Waals surface area contributed by atoms with E-state index in [0.717, 1.165) is 23.9 Å². The molecule has 0 spiro atoms. The van der Waals surface area contributed by atoms with Gasteiger partial charge in [-0.2, -0.15) is 0 Å². The van der Waals surface area contributed by atoms with E-state index in [9.17, 15) is 4.79 Å². The number of hydrogen-bond donors (Lipinski definition) is 2.